The average Bonchev–Trinajstić information content (AvgIpc) is 3.07. The molecule has 11 heteroatoms. The molecule has 1 N–H and O–H groups in total. The van der Waals surface area contributed by atoms with Gasteiger partial charge in [-0.25, -0.2) is 0 Å². The highest BCUT2D eigenvalue weighted by Gasteiger charge is 2.37. The number of pyridine rings is 1. The molecular weight excluding hydrogens is 403 g/mol. The maximum atomic E-state index is 12.5. The fourth-order valence-corrected chi connectivity index (χ4v) is 2.41. The van der Waals surface area contributed by atoms with Crippen LogP contribution in [0.15, 0.2) is 35.0 Å². The lowest BCUT2D eigenvalue weighted by molar-refractivity contribution is -0.149. The monoisotopic (exact) mass is 421 g/mol. The van der Waals surface area contributed by atoms with E-state index >= 15 is 0 Å². The van der Waals surface area contributed by atoms with Crippen molar-refractivity contribution >= 4 is 5.91 Å². The van der Waals surface area contributed by atoms with E-state index in [-0.39, 0.29) is 18.2 Å². The Kier molecular flexibility index (Phi) is 5.99. The normalized spacial score (nSPS) is 12.5. The standard InChI is InChI=1S/C19H18F3N5O3/c1-10-4-5-13(8-23-10)17-14(11(2)30-27-17)9-29-16-7-6-15(25-26-16)18(28)24-12(3)19(20,21)22/h4-8,12H,9H2,1-3H3,(H,24,28). The second-order valence-electron chi connectivity index (χ2n) is 6.54. The predicted octanol–water partition coefficient (Wildman–Crippen LogP) is 3.40. The van der Waals surface area contributed by atoms with Crippen LogP contribution in [0, 0.1) is 13.8 Å². The molecule has 3 heterocycles. The number of hydrogen-bond acceptors (Lipinski definition) is 7. The molecule has 0 spiro atoms. The van der Waals surface area contributed by atoms with Gasteiger partial charge in [0.25, 0.3) is 5.91 Å². The summed E-state index contributed by atoms with van der Waals surface area (Å²) in [5, 5.41) is 13.2. The van der Waals surface area contributed by atoms with E-state index in [4.69, 9.17) is 9.26 Å². The number of carbonyl (C=O) groups is 1. The molecule has 158 valence electrons. The fraction of sp³-hybridized carbons (Fsp3) is 0.316. The van der Waals surface area contributed by atoms with Crippen LogP contribution >= 0.6 is 0 Å². The van der Waals surface area contributed by atoms with Crippen molar-refractivity contribution in [1.29, 1.82) is 0 Å². The molecule has 8 nitrogen and oxygen atoms in total. The molecule has 3 rings (SSSR count). The SMILES string of the molecule is Cc1ccc(-c2noc(C)c2COc2ccc(C(=O)NC(C)C(F)(F)F)nn2)cn1. The van der Waals surface area contributed by atoms with Crippen LogP contribution in [0.4, 0.5) is 13.2 Å². The van der Waals surface area contributed by atoms with Crippen molar-refractivity contribution in [3.8, 4) is 17.1 Å². The average molecular weight is 421 g/mol. The summed E-state index contributed by atoms with van der Waals surface area (Å²) in [6.45, 7) is 4.50. The van der Waals surface area contributed by atoms with Crippen molar-refractivity contribution in [3.63, 3.8) is 0 Å². The van der Waals surface area contributed by atoms with Gasteiger partial charge in [-0.1, -0.05) is 5.16 Å². The van der Waals surface area contributed by atoms with Gasteiger partial charge in [0.2, 0.25) is 5.88 Å². The van der Waals surface area contributed by atoms with Crippen LogP contribution in [0.3, 0.4) is 0 Å². The molecule has 0 aromatic carbocycles. The van der Waals surface area contributed by atoms with E-state index in [1.807, 2.05) is 24.4 Å². The molecule has 0 radical (unpaired) electrons. The Balaban J connectivity index is 1.67. The van der Waals surface area contributed by atoms with Crippen LogP contribution in [0.25, 0.3) is 11.3 Å². The maximum Gasteiger partial charge on any atom is 0.408 e. The van der Waals surface area contributed by atoms with Gasteiger partial charge in [-0.2, -0.15) is 13.2 Å². The lowest BCUT2D eigenvalue weighted by atomic mass is 10.1. The number of hydrogen-bond donors (Lipinski definition) is 1. The van der Waals surface area contributed by atoms with Crippen molar-refractivity contribution in [2.24, 2.45) is 0 Å². The van der Waals surface area contributed by atoms with Crippen molar-refractivity contribution < 1.29 is 27.2 Å². The lowest BCUT2D eigenvalue weighted by Crippen LogP contribution is -2.43. The molecule has 30 heavy (non-hydrogen) atoms. The van der Waals surface area contributed by atoms with Crippen LogP contribution < -0.4 is 10.1 Å². The zero-order valence-electron chi connectivity index (χ0n) is 16.3. The van der Waals surface area contributed by atoms with Crippen LogP contribution in [-0.2, 0) is 6.61 Å². The molecule has 0 fully saturated rings. The first-order valence-electron chi connectivity index (χ1n) is 8.87. The molecule has 0 aliphatic carbocycles. The molecule has 1 atom stereocenters. The first-order chi connectivity index (χ1) is 14.1. The van der Waals surface area contributed by atoms with Gasteiger partial charge in [-0.3, -0.25) is 9.78 Å². The Morgan fingerprint density at radius 1 is 1.20 bits per heavy atom. The first-order valence-corrected chi connectivity index (χ1v) is 8.87. The zero-order chi connectivity index (χ0) is 21.9. The number of nitrogens with one attached hydrogen (secondary N) is 1. The van der Waals surface area contributed by atoms with E-state index in [0.29, 0.717) is 17.0 Å². The second kappa shape index (κ2) is 8.47. The molecule has 1 amide bonds. The molecule has 0 bridgehead atoms. The maximum absolute atomic E-state index is 12.5. The highest BCUT2D eigenvalue weighted by Crippen LogP contribution is 2.26. The van der Waals surface area contributed by atoms with Gasteiger partial charge in [0, 0.05) is 23.5 Å². The highest BCUT2D eigenvalue weighted by atomic mass is 19.4. The third-order valence-electron chi connectivity index (χ3n) is 4.25. The van der Waals surface area contributed by atoms with E-state index in [1.165, 1.54) is 12.1 Å². The number of aromatic nitrogens is 4. The summed E-state index contributed by atoms with van der Waals surface area (Å²) in [6.07, 6.45) is -2.88. The van der Waals surface area contributed by atoms with Gasteiger partial charge in [-0.05, 0) is 39.0 Å². The van der Waals surface area contributed by atoms with Crippen molar-refractivity contribution in [2.45, 2.75) is 39.6 Å². The number of carbonyl (C=O) groups excluding carboxylic acids is 1. The van der Waals surface area contributed by atoms with Crippen molar-refractivity contribution in [2.75, 3.05) is 0 Å². The fourth-order valence-electron chi connectivity index (χ4n) is 2.41. The third-order valence-corrected chi connectivity index (χ3v) is 4.25. The van der Waals surface area contributed by atoms with E-state index in [2.05, 4.69) is 20.3 Å². The van der Waals surface area contributed by atoms with Gasteiger partial charge in [0.1, 0.15) is 24.1 Å². The molecule has 3 aromatic heterocycles. The quantitative estimate of drug-likeness (QED) is 0.651. The largest absolute Gasteiger partial charge is 0.472 e. The minimum absolute atomic E-state index is 0.0594. The number of halogens is 3. The van der Waals surface area contributed by atoms with Gasteiger partial charge in [-0.15, -0.1) is 10.2 Å². The van der Waals surface area contributed by atoms with E-state index in [9.17, 15) is 18.0 Å². The van der Waals surface area contributed by atoms with Gasteiger partial charge < -0.3 is 14.6 Å². The number of nitrogens with zero attached hydrogens (tertiary/aromatic N) is 4. The Hall–Kier alpha value is -3.50. The summed E-state index contributed by atoms with van der Waals surface area (Å²) in [5.41, 5.74) is 2.62. The van der Waals surface area contributed by atoms with Crippen LogP contribution in [0.2, 0.25) is 0 Å². The van der Waals surface area contributed by atoms with Gasteiger partial charge in [0.15, 0.2) is 5.69 Å². The second-order valence-corrected chi connectivity index (χ2v) is 6.54. The summed E-state index contributed by atoms with van der Waals surface area (Å²) >= 11 is 0. The van der Waals surface area contributed by atoms with E-state index < -0.39 is 18.1 Å². The summed E-state index contributed by atoms with van der Waals surface area (Å²) in [7, 11) is 0. The predicted molar refractivity (Wildman–Crippen MR) is 98.6 cm³/mol. The number of ether oxygens (including phenoxy) is 1. The molecule has 0 aliphatic rings. The first kappa shape index (κ1) is 21.2. The van der Waals surface area contributed by atoms with E-state index in [0.717, 1.165) is 18.2 Å². The van der Waals surface area contributed by atoms with Gasteiger partial charge in [0.05, 0.1) is 5.56 Å². The Morgan fingerprint density at radius 2 is 1.97 bits per heavy atom. The number of rotatable bonds is 6. The minimum atomic E-state index is -4.55. The van der Waals surface area contributed by atoms with Crippen molar-refractivity contribution in [1.82, 2.24) is 25.7 Å². The van der Waals surface area contributed by atoms with Crippen molar-refractivity contribution in [3.05, 3.63) is 53.2 Å². The Morgan fingerprint density at radius 3 is 2.57 bits per heavy atom. The number of alkyl halides is 3. The molecular formula is C19H18F3N5O3. The van der Waals surface area contributed by atoms with Gasteiger partial charge >= 0.3 is 6.18 Å². The molecule has 1 unspecified atom stereocenters. The topological polar surface area (TPSA) is 103 Å². The highest BCUT2D eigenvalue weighted by molar-refractivity contribution is 5.92. The van der Waals surface area contributed by atoms with Crippen LogP contribution in [0.5, 0.6) is 5.88 Å². The minimum Gasteiger partial charge on any atom is -0.472 e. The summed E-state index contributed by atoms with van der Waals surface area (Å²) in [5.74, 6) is -0.345. The smallest absolute Gasteiger partial charge is 0.408 e. The Bertz CT molecular complexity index is 1020. The molecule has 0 saturated carbocycles. The van der Waals surface area contributed by atoms with Crippen LogP contribution in [0.1, 0.15) is 34.4 Å². The summed E-state index contributed by atoms with van der Waals surface area (Å²) < 4.78 is 48.5. The number of aryl methyl sites for hydroxylation is 2. The Labute approximate surface area is 169 Å². The summed E-state index contributed by atoms with van der Waals surface area (Å²) in [6, 6.07) is 4.27. The lowest BCUT2D eigenvalue weighted by Gasteiger charge is -2.16. The molecule has 3 aromatic rings. The number of amides is 1. The van der Waals surface area contributed by atoms with E-state index in [1.54, 1.807) is 13.1 Å². The van der Waals surface area contributed by atoms with Crippen LogP contribution in [-0.4, -0.2) is 38.5 Å². The third kappa shape index (κ3) is 4.91. The molecule has 0 aliphatic heterocycles. The summed E-state index contributed by atoms with van der Waals surface area (Å²) in [4.78, 5) is 16.1. The molecule has 0 saturated heterocycles. The zero-order valence-corrected chi connectivity index (χ0v) is 16.3.